The van der Waals surface area contributed by atoms with Crippen molar-refractivity contribution < 1.29 is 13.2 Å². The molecule has 144 valence electrons. The Morgan fingerprint density at radius 1 is 1.11 bits per heavy atom. The molecule has 1 aliphatic heterocycles. The third-order valence-corrected chi connectivity index (χ3v) is 6.24. The van der Waals surface area contributed by atoms with Crippen LogP contribution in [0.5, 0.6) is 5.75 Å². The molecule has 0 aromatic heterocycles. The van der Waals surface area contributed by atoms with E-state index in [9.17, 15) is 8.42 Å². The maximum Gasteiger partial charge on any atom is 0.191 e. The fourth-order valence-electron chi connectivity index (χ4n) is 3.01. The Bertz CT molecular complexity index is 857. The Kier molecular flexibility index (Phi) is 6.34. The van der Waals surface area contributed by atoms with Gasteiger partial charge in [0, 0.05) is 20.0 Å². The standard InChI is InChI=1S/C20H25N3O3S/c1-21-20(23-15-17-14-16-8-5-6-11-19(16)26-17)22-12-7-13-27(24,25)18-9-3-2-4-10-18/h2-6,8-11,17H,7,12-15H2,1H3,(H2,21,22,23). The van der Waals surface area contributed by atoms with Crippen molar-refractivity contribution in [2.75, 3.05) is 25.9 Å². The molecule has 0 bridgehead atoms. The van der Waals surface area contributed by atoms with E-state index in [-0.39, 0.29) is 11.9 Å². The van der Waals surface area contributed by atoms with Crippen LogP contribution < -0.4 is 15.4 Å². The van der Waals surface area contributed by atoms with E-state index in [1.807, 2.05) is 24.3 Å². The second-order valence-electron chi connectivity index (χ2n) is 6.42. The van der Waals surface area contributed by atoms with Crippen LogP contribution in [0.3, 0.4) is 0 Å². The lowest BCUT2D eigenvalue weighted by Gasteiger charge is -2.15. The fraction of sp³-hybridized carbons (Fsp3) is 0.350. The number of benzene rings is 2. The highest BCUT2D eigenvalue weighted by molar-refractivity contribution is 7.91. The molecule has 6 nitrogen and oxygen atoms in total. The first-order chi connectivity index (χ1) is 13.1. The highest BCUT2D eigenvalue weighted by Gasteiger charge is 2.22. The van der Waals surface area contributed by atoms with Crippen molar-refractivity contribution in [1.82, 2.24) is 10.6 Å². The maximum absolute atomic E-state index is 12.3. The quantitative estimate of drug-likeness (QED) is 0.432. The van der Waals surface area contributed by atoms with Crippen LogP contribution in [0.2, 0.25) is 0 Å². The number of aliphatic imine (C=N–C) groups is 1. The second kappa shape index (κ2) is 8.90. The van der Waals surface area contributed by atoms with E-state index in [1.165, 1.54) is 5.56 Å². The molecule has 1 aliphatic rings. The summed E-state index contributed by atoms with van der Waals surface area (Å²) in [7, 11) is -1.55. The molecule has 1 unspecified atom stereocenters. The van der Waals surface area contributed by atoms with Crippen molar-refractivity contribution in [2.45, 2.75) is 23.8 Å². The minimum atomic E-state index is -3.24. The lowest BCUT2D eigenvalue weighted by atomic mass is 10.1. The topological polar surface area (TPSA) is 79.8 Å². The molecule has 0 spiro atoms. The number of guanidine groups is 1. The molecule has 1 heterocycles. The summed E-state index contributed by atoms with van der Waals surface area (Å²) in [5.74, 6) is 1.69. The minimum Gasteiger partial charge on any atom is -0.488 e. The third-order valence-electron chi connectivity index (χ3n) is 4.42. The highest BCUT2D eigenvalue weighted by Crippen LogP contribution is 2.27. The van der Waals surface area contributed by atoms with Gasteiger partial charge in [-0.25, -0.2) is 8.42 Å². The zero-order valence-corrected chi connectivity index (χ0v) is 16.2. The van der Waals surface area contributed by atoms with E-state index in [4.69, 9.17) is 4.74 Å². The second-order valence-corrected chi connectivity index (χ2v) is 8.53. The van der Waals surface area contributed by atoms with Crippen molar-refractivity contribution >= 4 is 15.8 Å². The van der Waals surface area contributed by atoms with Crippen LogP contribution in [0.1, 0.15) is 12.0 Å². The predicted molar refractivity (Wildman–Crippen MR) is 107 cm³/mol. The summed E-state index contributed by atoms with van der Waals surface area (Å²) in [6, 6.07) is 16.6. The van der Waals surface area contributed by atoms with Crippen LogP contribution >= 0.6 is 0 Å². The van der Waals surface area contributed by atoms with Crippen LogP contribution in [-0.2, 0) is 16.3 Å². The summed E-state index contributed by atoms with van der Waals surface area (Å²) in [5.41, 5.74) is 1.22. The van der Waals surface area contributed by atoms with Gasteiger partial charge in [-0.3, -0.25) is 4.99 Å². The van der Waals surface area contributed by atoms with Gasteiger partial charge in [0.15, 0.2) is 15.8 Å². The number of para-hydroxylation sites is 1. The average molecular weight is 388 g/mol. The van der Waals surface area contributed by atoms with Gasteiger partial charge in [-0.05, 0) is 30.2 Å². The SMILES string of the molecule is CN=C(NCCCS(=O)(=O)c1ccccc1)NCC1Cc2ccccc2O1. The first-order valence-electron chi connectivity index (χ1n) is 9.05. The van der Waals surface area contributed by atoms with Crippen LogP contribution in [0, 0.1) is 0 Å². The fourth-order valence-corrected chi connectivity index (χ4v) is 4.35. The normalized spacial score (nSPS) is 16.5. The van der Waals surface area contributed by atoms with Gasteiger partial charge < -0.3 is 15.4 Å². The molecule has 0 aliphatic carbocycles. The third kappa shape index (κ3) is 5.23. The van der Waals surface area contributed by atoms with Gasteiger partial charge in [0.25, 0.3) is 0 Å². The number of rotatable bonds is 7. The Labute approximate surface area is 160 Å². The molecular weight excluding hydrogens is 362 g/mol. The van der Waals surface area contributed by atoms with Crippen LogP contribution in [0.15, 0.2) is 64.5 Å². The summed E-state index contributed by atoms with van der Waals surface area (Å²) < 4.78 is 30.4. The molecule has 7 heteroatoms. The van der Waals surface area contributed by atoms with E-state index >= 15 is 0 Å². The molecule has 0 saturated carbocycles. The molecule has 0 saturated heterocycles. The van der Waals surface area contributed by atoms with Crippen molar-refractivity contribution in [3.05, 3.63) is 60.2 Å². The lowest BCUT2D eigenvalue weighted by molar-refractivity contribution is 0.235. The van der Waals surface area contributed by atoms with Crippen molar-refractivity contribution in [3.63, 3.8) is 0 Å². The number of hydrogen-bond donors (Lipinski definition) is 2. The highest BCUT2D eigenvalue weighted by atomic mass is 32.2. The number of ether oxygens (including phenoxy) is 1. The van der Waals surface area contributed by atoms with Crippen molar-refractivity contribution in [2.24, 2.45) is 4.99 Å². The number of nitrogens with zero attached hydrogens (tertiary/aromatic N) is 1. The summed E-state index contributed by atoms with van der Waals surface area (Å²) in [4.78, 5) is 4.55. The molecule has 2 aromatic carbocycles. The monoisotopic (exact) mass is 387 g/mol. The first kappa shape index (κ1) is 19.2. The van der Waals surface area contributed by atoms with Crippen molar-refractivity contribution in [3.8, 4) is 5.75 Å². The summed E-state index contributed by atoms with van der Waals surface area (Å²) >= 11 is 0. The molecule has 27 heavy (non-hydrogen) atoms. The van der Waals surface area contributed by atoms with Crippen LogP contribution in [0.4, 0.5) is 0 Å². The van der Waals surface area contributed by atoms with Crippen molar-refractivity contribution in [1.29, 1.82) is 0 Å². The summed E-state index contributed by atoms with van der Waals surface area (Å²) in [6.45, 7) is 1.16. The Hall–Kier alpha value is -2.54. The molecule has 2 N–H and O–H groups in total. The zero-order chi connectivity index (χ0) is 19.1. The molecule has 0 amide bonds. The number of nitrogens with one attached hydrogen (secondary N) is 2. The van der Waals surface area contributed by atoms with Gasteiger partial charge in [0.1, 0.15) is 11.9 Å². The molecular formula is C20H25N3O3S. The zero-order valence-electron chi connectivity index (χ0n) is 15.4. The smallest absolute Gasteiger partial charge is 0.191 e. The van der Waals surface area contributed by atoms with Gasteiger partial charge in [0.2, 0.25) is 0 Å². The van der Waals surface area contributed by atoms with Gasteiger partial charge >= 0.3 is 0 Å². The van der Waals surface area contributed by atoms with E-state index in [1.54, 1.807) is 31.3 Å². The van der Waals surface area contributed by atoms with Gasteiger partial charge in [-0.2, -0.15) is 0 Å². The lowest BCUT2D eigenvalue weighted by Crippen LogP contribution is -2.42. The predicted octanol–water partition coefficient (Wildman–Crippen LogP) is 2.02. The summed E-state index contributed by atoms with van der Waals surface area (Å²) in [5, 5.41) is 6.40. The molecule has 1 atom stereocenters. The van der Waals surface area contributed by atoms with E-state index in [2.05, 4.69) is 21.7 Å². The van der Waals surface area contributed by atoms with E-state index in [0.717, 1.165) is 12.2 Å². The largest absolute Gasteiger partial charge is 0.488 e. The van der Waals surface area contributed by atoms with Gasteiger partial charge in [-0.1, -0.05) is 36.4 Å². The Morgan fingerprint density at radius 3 is 2.59 bits per heavy atom. The number of sulfone groups is 1. The molecule has 3 rings (SSSR count). The van der Waals surface area contributed by atoms with E-state index in [0.29, 0.717) is 30.4 Å². The summed E-state index contributed by atoms with van der Waals surface area (Å²) in [6.07, 6.45) is 1.44. The van der Waals surface area contributed by atoms with Crippen LogP contribution in [-0.4, -0.2) is 46.4 Å². The average Bonchev–Trinajstić information content (AvgIpc) is 3.11. The van der Waals surface area contributed by atoms with E-state index < -0.39 is 9.84 Å². The van der Waals surface area contributed by atoms with Gasteiger partial charge in [-0.15, -0.1) is 0 Å². The maximum atomic E-state index is 12.3. The van der Waals surface area contributed by atoms with Gasteiger partial charge in [0.05, 0.1) is 17.2 Å². The Balaban J connectivity index is 1.39. The minimum absolute atomic E-state index is 0.0689. The Morgan fingerprint density at radius 2 is 1.85 bits per heavy atom. The molecule has 0 fully saturated rings. The first-order valence-corrected chi connectivity index (χ1v) is 10.7. The van der Waals surface area contributed by atoms with Crippen LogP contribution in [0.25, 0.3) is 0 Å². The molecule has 2 aromatic rings. The number of fused-ring (bicyclic) bond motifs is 1. The molecule has 0 radical (unpaired) electrons. The number of hydrogen-bond acceptors (Lipinski definition) is 4.